The number of amides is 1. The van der Waals surface area contributed by atoms with Gasteiger partial charge in [0.2, 0.25) is 5.91 Å². The van der Waals surface area contributed by atoms with E-state index in [0.717, 1.165) is 52.8 Å². The van der Waals surface area contributed by atoms with Crippen LogP contribution in [0.5, 0.6) is 0 Å². The van der Waals surface area contributed by atoms with Crippen LogP contribution in [0.25, 0.3) is 22.3 Å². The molecule has 3 aliphatic rings. The zero-order valence-corrected chi connectivity index (χ0v) is 22.6. The number of piperidine rings is 1. The molecular weight excluding hydrogens is 470 g/mol. The molecular formula is C29H36ClN5O. The third-order valence-electron chi connectivity index (χ3n) is 8.92. The molecule has 1 atom stereocenters. The smallest absolute Gasteiger partial charge is 0.237 e. The first kappa shape index (κ1) is 23.9. The van der Waals surface area contributed by atoms with Gasteiger partial charge in [-0.25, -0.2) is 9.97 Å². The summed E-state index contributed by atoms with van der Waals surface area (Å²) in [6.45, 7) is 10.8. The molecule has 0 N–H and O–H groups in total. The van der Waals surface area contributed by atoms with Crippen LogP contribution in [0, 0.1) is 0 Å². The van der Waals surface area contributed by atoms with Gasteiger partial charge in [0.1, 0.15) is 5.52 Å². The number of imidazole rings is 1. The minimum atomic E-state index is -0.520. The summed E-state index contributed by atoms with van der Waals surface area (Å²) in [6.07, 6.45) is 8.94. The van der Waals surface area contributed by atoms with E-state index in [9.17, 15) is 4.79 Å². The molecule has 0 unspecified atom stereocenters. The number of fused-ring (bicyclic) bond motifs is 2. The van der Waals surface area contributed by atoms with Gasteiger partial charge in [-0.05, 0) is 83.7 Å². The Morgan fingerprint density at radius 2 is 1.86 bits per heavy atom. The third kappa shape index (κ3) is 3.67. The van der Waals surface area contributed by atoms with Crippen molar-refractivity contribution < 1.29 is 4.79 Å². The fraction of sp³-hybridized carbons (Fsp3) is 0.552. The number of rotatable bonds is 5. The van der Waals surface area contributed by atoms with Gasteiger partial charge in [0.25, 0.3) is 0 Å². The maximum Gasteiger partial charge on any atom is 0.237 e. The van der Waals surface area contributed by atoms with Crippen LogP contribution in [0.1, 0.15) is 77.8 Å². The van der Waals surface area contributed by atoms with E-state index in [1.165, 1.54) is 32.4 Å². The summed E-state index contributed by atoms with van der Waals surface area (Å²) in [4.78, 5) is 27.8. The van der Waals surface area contributed by atoms with Gasteiger partial charge in [-0.1, -0.05) is 37.1 Å². The Morgan fingerprint density at radius 3 is 2.58 bits per heavy atom. The van der Waals surface area contributed by atoms with E-state index >= 15 is 0 Å². The minimum absolute atomic E-state index is 0.213. The molecule has 0 spiro atoms. The summed E-state index contributed by atoms with van der Waals surface area (Å²) >= 11 is 6.70. The van der Waals surface area contributed by atoms with Crippen molar-refractivity contribution in [1.82, 2.24) is 19.4 Å². The second kappa shape index (κ2) is 8.84. The topological polar surface area (TPSA) is 54.3 Å². The molecule has 1 aromatic carbocycles. The van der Waals surface area contributed by atoms with Crippen LogP contribution in [-0.4, -0.2) is 50.5 Å². The van der Waals surface area contributed by atoms with Crippen molar-refractivity contribution in [3.05, 3.63) is 41.3 Å². The average molecular weight is 506 g/mol. The van der Waals surface area contributed by atoms with Gasteiger partial charge >= 0.3 is 0 Å². The Bertz CT molecular complexity index is 1320. The Morgan fingerprint density at radius 1 is 1.11 bits per heavy atom. The van der Waals surface area contributed by atoms with Crippen molar-refractivity contribution in [3.63, 3.8) is 0 Å². The fourth-order valence-corrected chi connectivity index (χ4v) is 6.64. The molecule has 0 radical (unpaired) electrons. The van der Waals surface area contributed by atoms with Gasteiger partial charge < -0.3 is 14.4 Å². The first-order valence-electron chi connectivity index (χ1n) is 13.5. The highest BCUT2D eigenvalue weighted by molar-refractivity contribution is 6.34. The van der Waals surface area contributed by atoms with E-state index in [1.54, 1.807) is 0 Å². The van der Waals surface area contributed by atoms with E-state index in [1.807, 2.05) is 12.4 Å². The van der Waals surface area contributed by atoms with Crippen molar-refractivity contribution >= 4 is 34.2 Å². The highest BCUT2D eigenvalue weighted by Crippen LogP contribution is 2.47. The normalized spacial score (nSPS) is 24.7. The van der Waals surface area contributed by atoms with E-state index in [0.29, 0.717) is 17.2 Å². The predicted molar refractivity (Wildman–Crippen MR) is 146 cm³/mol. The molecule has 190 valence electrons. The van der Waals surface area contributed by atoms with Crippen LogP contribution in [0.3, 0.4) is 0 Å². The number of carbonyl (C=O) groups excluding carboxylic acids is 1. The molecule has 1 saturated heterocycles. The quantitative estimate of drug-likeness (QED) is 0.378. The molecule has 2 aliphatic heterocycles. The van der Waals surface area contributed by atoms with E-state index < -0.39 is 5.41 Å². The maximum absolute atomic E-state index is 13.6. The zero-order chi connectivity index (χ0) is 25.2. The summed E-state index contributed by atoms with van der Waals surface area (Å²) < 4.78 is 2.11. The monoisotopic (exact) mass is 505 g/mol. The molecule has 6 rings (SSSR count). The summed E-state index contributed by atoms with van der Waals surface area (Å²) in [5, 5.41) is 0.470. The lowest BCUT2D eigenvalue weighted by Gasteiger charge is -2.48. The summed E-state index contributed by atoms with van der Waals surface area (Å²) in [5.74, 6) is 0.213. The molecule has 3 aromatic rings. The fourth-order valence-electron chi connectivity index (χ4n) is 6.35. The highest BCUT2D eigenvalue weighted by Gasteiger charge is 2.50. The van der Waals surface area contributed by atoms with Gasteiger partial charge in [-0.3, -0.25) is 4.79 Å². The minimum Gasteiger partial charge on any atom is -0.325 e. The van der Waals surface area contributed by atoms with Crippen molar-refractivity contribution in [2.24, 2.45) is 0 Å². The molecule has 6 nitrogen and oxygen atoms in total. The summed E-state index contributed by atoms with van der Waals surface area (Å²) in [5.41, 5.74) is 5.11. The SMILES string of the molecule is CC[C@H](C)n1cnc2cc(-c3ccc4c(c3)N([C@H]3C[C@@H](N5CCCCC5)C3)C(=O)C4(C)C)nc(Cl)c21. The Hall–Kier alpha value is -2.44. The van der Waals surface area contributed by atoms with Crippen LogP contribution >= 0.6 is 11.6 Å². The largest absolute Gasteiger partial charge is 0.325 e. The van der Waals surface area contributed by atoms with Gasteiger partial charge in [-0.15, -0.1) is 0 Å². The number of pyridine rings is 1. The molecule has 0 bridgehead atoms. The van der Waals surface area contributed by atoms with Crippen molar-refractivity contribution in [2.75, 3.05) is 18.0 Å². The number of benzene rings is 1. The lowest BCUT2D eigenvalue weighted by atomic mass is 9.82. The second-order valence-electron chi connectivity index (χ2n) is 11.5. The number of likely N-dealkylation sites (tertiary alicyclic amines) is 1. The van der Waals surface area contributed by atoms with Crippen molar-refractivity contribution in [2.45, 2.75) is 89.8 Å². The Balaban J connectivity index is 1.33. The van der Waals surface area contributed by atoms with Crippen molar-refractivity contribution in [3.8, 4) is 11.3 Å². The number of aromatic nitrogens is 3. The Labute approximate surface area is 218 Å². The summed E-state index contributed by atoms with van der Waals surface area (Å²) in [6, 6.07) is 9.53. The first-order chi connectivity index (χ1) is 17.3. The van der Waals surface area contributed by atoms with Gasteiger partial charge in [0.05, 0.1) is 23.0 Å². The van der Waals surface area contributed by atoms with E-state index in [4.69, 9.17) is 16.6 Å². The molecule has 36 heavy (non-hydrogen) atoms. The molecule has 2 aromatic heterocycles. The third-order valence-corrected chi connectivity index (χ3v) is 9.18. The predicted octanol–water partition coefficient (Wildman–Crippen LogP) is 6.36. The van der Waals surface area contributed by atoms with Gasteiger partial charge in [0, 0.05) is 29.4 Å². The molecule has 2 fully saturated rings. The van der Waals surface area contributed by atoms with Crippen molar-refractivity contribution in [1.29, 1.82) is 0 Å². The number of halogens is 1. The van der Waals surface area contributed by atoms with E-state index in [-0.39, 0.29) is 11.9 Å². The second-order valence-corrected chi connectivity index (χ2v) is 11.8. The lowest BCUT2D eigenvalue weighted by molar-refractivity contribution is -0.123. The molecule has 1 amide bonds. The molecule has 4 heterocycles. The number of hydrogen-bond donors (Lipinski definition) is 0. The van der Waals surface area contributed by atoms with Crippen LogP contribution in [-0.2, 0) is 10.2 Å². The van der Waals surface area contributed by atoms with Gasteiger partial charge in [-0.2, -0.15) is 0 Å². The van der Waals surface area contributed by atoms with Crippen LogP contribution in [0.4, 0.5) is 5.69 Å². The van der Waals surface area contributed by atoms with Crippen LogP contribution in [0.2, 0.25) is 5.15 Å². The number of anilines is 1. The number of carbonyl (C=O) groups is 1. The maximum atomic E-state index is 13.6. The summed E-state index contributed by atoms with van der Waals surface area (Å²) in [7, 11) is 0. The standard InChI is InChI=1S/C29H36ClN5O/c1-5-18(2)34-17-31-24-16-23(32-27(30)26(24)34)19-9-10-22-25(13-19)35(28(36)29(22,3)4)21-14-20(15-21)33-11-7-6-8-12-33/h9-10,13,16-18,20-21H,5-8,11-12,14-15H2,1-4H3/t18-,20-,21+/m0/s1. The first-order valence-corrected chi connectivity index (χ1v) is 13.9. The molecule has 1 aliphatic carbocycles. The molecule has 1 saturated carbocycles. The lowest BCUT2D eigenvalue weighted by Crippen LogP contribution is -2.57. The van der Waals surface area contributed by atoms with Crippen LogP contribution < -0.4 is 4.90 Å². The number of nitrogens with zero attached hydrogens (tertiary/aromatic N) is 5. The van der Waals surface area contributed by atoms with E-state index in [2.05, 4.69) is 65.2 Å². The molecule has 7 heteroatoms. The highest BCUT2D eigenvalue weighted by atomic mass is 35.5. The van der Waals surface area contributed by atoms with Gasteiger partial charge in [0.15, 0.2) is 5.15 Å². The Kier molecular flexibility index (Phi) is 5.88. The van der Waals surface area contributed by atoms with Crippen LogP contribution in [0.15, 0.2) is 30.6 Å². The number of hydrogen-bond acceptors (Lipinski definition) is 4. The zero-order valence-electron chi connectivity index (χ0n) is 21.8. The average Bonchev–Trinajstić information content (AvgIpc) is 3.37.